The van der Waals surface area contributed by atoms with E-state index in [-0.39, 0.29) is 6.09 Å². The first-order valence-corrected chi connectivity index (χ1v) is 8.19. The Labute approximate surface area is 133 Å². The number of hydrogen-bond acceptors (Lipinski definition) is 3. The van der Waals surface area contributed by atoms with E-state index < -0.39 is 5.60 Å². The third-order valence-corrected chi connectivity index (χ3v) is 3.69. The maximum atomic E-state index is 11.5. The van der Waals surface area contributed by atoms with E-state index in [2.05, 4.69) is 40.5 Å². The van der Waals surface area contributed by atoms with Crippen LogP contribution in [0.3, 0.4) is 0 Å². The number of ether oxygens (including phenoxy) is 1. The maximum absolute atomic E-state index is 11.5. The van der Waals surface area contributed by atoms with Gasteiger partial charge in [0.05, 0.1) is 0 Å². The van der Waals surface area contributed by atoms with E-state index in [1.807, 2.05) is 20.8 Å². The molecule has 1 aromatic rings. The number of amides is 1. The molecule has 2 rings (SSSR count). The van der Waals surface area contributed by atoms with Crippen LogP contribution >= 0.6 is 0 Å². The molecule has 1 saturated heterocycles. The van der Waals surface area contributed by atoms with Crippen LogP contribution in [0, 0.1) is 0 Å². The standard InChI is InChI=1S/C18H28N2O2/c1-18(2,3)22-17(21)19-12-8-7-11-16-14-20(16)13-15-9-5-4-6-10-15/h4-6,9-10,16H,7-8,11-14H2,1-3H3,(H,19,21). The lowest BCUT2D eigenvalue weighted by Crippen LogP contribution is -2.33. The molecular formula is C18H28N2O2. The summed E-state index contributed by atoms with van der Waals surface area (Å²) in [5.41, 5.74) is 0.965. The van der Waals surface area contributed by atoms with Gasteiger partial charge in [-0.05, 0) is 39.2 Å². The van der Waals surface area contributed by atoms with Crippen LogP contribution in [0.4, 0.5) is 4.79 Å². The number of carbonyl (C=O) groups excluding carboxylic acids is 1. The molecule has 2 atom stereocenters. The highest BCUT2D eigenvalue weighted by Gasteiger charge is 2.32. The summed E-state index contributed by atoms with van der Waals surface area (Å²) in [6.07, 6.45) is 3.05. The molecule has 1 aliphatic heterocycles. The number of nitrogens with one attached hydrogen (secondary N) is 1. The fourth-order valence-electron chi connectivity index (χ4n) is 2.52. The van der Waals surface area contributed by atoms with Crippen molar-refractivity contribution in [3.8, 4) is 0 Å². The number of carbonyl (C=O) groups is 1. The fourth-order valence-corrected chi connectivity index (χ4v) is 2.52. The van der Waals surface area contributed by atoms with Gasteiger partial charge in [0.2, 0.25) is 0 Å². The number of benzene rings is 1. The second kappa shape index (κ2) is 7.63. The zero-order valence-corrected chi connectivity index (χ0v) is 14.0. The van der Waals surface area contributed by atoms with E-state index in [4.69, 9.17) is 4.74 Å². The van der Waals surface area contributed by atoms with Gasteiger partial charge in [-0.2, -0.15) is 0 Å². The molecule has 1 fully saturated rings. The SMILES string of the molecule is CC(C)(C)OC(=O)NCCCCC1CN1Cc1ccccc1. The zero-order valence-electron chi connectivity index (χ0n) is 14.0. The molecule has 0 aromatic heterocycles. The molecule has 2 unspecified atom stereocenters. The maximum Gasteiger partial charge on any atom is 0.407 e. The number of unbranched alkanes of at least 4 members (excludes halogenated alkanes) is 1. The average Bonchev–Trinajstić information content (AvgIpc) is 3.15. The normalized spacial score (nSPS) is 20.5. The molecule has 0 spiro atoms. The molecule has 0 saturated carbocycles. The highest BCUT2D eigenvalue weighted by atomic mass is 16.6. The summed E-state index contributed by atoms with van der Waals surface area (Å²) >= 11 is 0. The van der Waals surface area contributed by atoms with Crippen LogP contribution in [-0.2, 0) is 11.3 Å². The van der Waals surface area contributed by atoms with Gasteiger partial charge in [0.15, 0.2) is 0 Å². The van der Waals surface area contributed by atoms with Gasteiger partial charge in [-0.3, -0.25) is 4.90 Å². The molecular weight excluding hydrogens is 276 g/mol. The van der Waals surface area contributed by atoms with Crippen LogP contribution in [0.15, 0.2) is 30.3 Å². The monoisotopic (exact) mass is 304 g/mol. The molecule has 1 N–H and O–H groups in total. The Bertz CT molecular complexity index is 468. The summed E-state index contributed by atoms with van der Waals surface area (Å²) in [5.74, 6) is 0. The summed E-state index contributed by atoms with van der Waals surface area (Å²) in [6.45, 7) is 8.58. The van der Waals surface area contributed by atoms with Gasteiger partial charge in [-0.1, -0.05) is 36.8 Å². The Morgan fingerprint density at radius 2 is 2.00 bits per heavy atom. The minimum Gasteiger partial charge on any atom is -0.444 e. The number of nitrogens with zero attached hydrogens (tertiary/aromatic N) is 1. The molecule has 1 amide bonds. The van der Waals surface area contributed by atoms with Crippen LogP contribution in [0.1, 0.15) is 45.6 Å². The number of rotatable bonds is 7. The molecule has 1 heterocycles. The molecule has 4 heteroatoms. The van der Waals surface area contributed by atoms with E-state index in [0.717, 1.165) is 25.4 Å². The molecule has 22 heavy (non-hydrogen) atoms. The molecule has 1 aromatic carbocycles. The lowest BCUT2D eigenvalue weighted by molar-refractivity contribution is 0.0527. The first kappa shape index (κ1) is 16.8. The summed E-state index contributed by atoms with van der Waals surface area (Å²) in [7, 11) is 0. The summed E-state index contributed by atoms with van der Waals surface area (Å²) in [6, 6.07) is 11.3. The third kappa shape index (κ3) is 6.48. The van der Waals surface area contributed by atoms with Gasteiger partial charge in [0.1, 0.15) is 5.60 Å². The fraction of sp³-hybridized carbons (Fsp3) is 0.611. The molecule has 0 radical (unpaired) electrons. The van der Waals surface area contributed by atoms with Crippen LogP contribution in [0.2, 0.25) is 0 Å². The van der Waals surface area contributed by atoms with Crippen LogP contribution < -0.4 is 5.32 Å². The molecule has 122 valence electrons. The van der Waals surface area contributed by atoms with Gasteiger partial charge < -0.3 is 10.1 Å². The first-order valence-electron chi connectivity index (χ1n) is 8.19. The van der Waals surface area contributed by atoms with Crippen molar-refractivity contribution >= 4 is 6.09 Å². The van der Waals surface area contributed by atoms with Crippen molar-refractivity contribution < 1.29 is 9.53 Å². The number of alkyl carbamates (subject to hydrolysis) is 1. The van der Waals surface area contributed by atoms with Crippen molar-refractivity contribution in [3.63, 3.8) is 0 Å². The predicted octanol–water partition coefficient (Wildman–Crippen LogP) is 3.57. The van der Waals surface area contributed by atoms with Crippen molar-refractivity contribution in [1.82, 2.24) is 10.2 Å². The molecule has 0 bridgehead atoms. The van der Waals surface area contributed by atoms with Gasteiger partial charge in [0, 0.05) is 25.7 Å². The second-order valence-corrected chi connectivity index (χ2v) is 6.99. The van der Waals surface area contributed by atoms with Crippen molar-refractivity contribution in [2.24, 2.45) is 0 Å². The van der Waals surface area contributed by atoms with Crippen LogP contribution in [0.25, 0.3) is 0 Å². The van der Waals surface area contributed by atoms with Gasteiger partial charge >= 0.3 is 6.09 Å². The van der Waals surface area contributed by atoms with Gasteiger partial charge in [-0.25, -0.2) is 4.79 Å². The summed E-state index contributed by atoms with van der Waals surface area (Å²) in [4.78, 5) is 14.0. The van der Waals surface area contributed by atoms with Gasteiger partial charge in [0.25, 0.3) is 0 Å². The molecule has 4 nitrogen and oxygen atoms in total. The summed E-state index contributed by atoms with van der Waals surface area (Å²) in [5, 5.41) is 2.81. The zero-order chi connectivity index (χ0) is 16.0. The topological polar surface area (TPSA) is 41.3 Å². The van der Waals surface area contributed by atoms with E-state index >= 15 is 0 Å². The lowest BCUT2D eigenvalue weighted by atomic mass is 10.2. The number of hydrogen-bond donors (Lipinski definition) is 1. The van der Waals surface area contributed by atoms with E-state index in [0.29, 0.717) is 6.54 Å². The second-order valence-electron chi connectivity index (χ2n) is 6.99. The largest absolute Gasteiger partial charge is 0.444 e. The Hall–Kier alpha value is -1.55. The van der Waals surface area contributed by atoms with E-state index in [1.54, 1.807) is 0 Å². The summed E-state index contributed by atoms with van der Waals surface area (Å²) < 4.78 is 5.20. The first-order chi connectivity index (χ1) is 10.4. The highest BCUT2D eigenvalue weighted by molar-refractivity contribution is 5.67. The Kier molecular flexibility index (Phi) is 5.83. The van der Waals surface area contributed by atoms with E-state index in [9.17, 15) is 4.79 Å². The van der Waals surface area contributed by atoms with Gasteiger partial charge in [-0.15, -0.1) is 0 Å². The van der Waals surface area contributed by atoms with Crippen molar-refractivity contribution in [2.45, 2.75) is 58.2 Å². The predicted molar refractivity (Wildman–Crippen MR) is 88.7 cm³/mol. The van der Waals surface area contributed by atoms with Crippen molar-refractivity contribution in [1.29, 1.82) is 0 Å². The lowest BCUT2D eigenvalue weighted by Gasteiger charge is -2.19. The minimum atomic E-state index is -0.421. The smallest absolute Gasteiger partial charge is 0.407 e. The average molecular weight is 304 g/mol. The third-order valence-electron chi connectivity index (χ3n) is 3.69. The Morgan fingerprint density at radius 3 is 2.68 bits per heavy atom. The van der Waals surface area contributed by atoms with Crippen molar-refractivity contribution in [2.75, 3.05) is 13.1 Å². The van der Waals surface area contributed by atoms with Crippen molar-refractivity contribution in [3.05, 3.63) is 35.9 Å². The molecule has 1 aliphatic rings. The Morgan fingerprint density at radius 1 is 1.27 bits per heavy atom. The highest BCUT2D eigenvalue weighted by Crippen LogP contribution is 2.25. The molecule has 0 aliphatic carbocycles. The van der Waals surface area contributed by atoms with Crippen LogP contribution in [0.5, 0.6) is 0 Å². The quantitative estimate of drug-likeness (QED) is 0.618. The minimum absolute atomic E-state index is 0.315. The Balaban J connectivity index is 1.49. The van der Waals surface area contributed by atoms with E-state index in [1.165, 1.54) is 18.5 Å². The van der Waals surface area contributed by atoms with Crippen LogP contribution in [-0.4, -0.2) is 35.7 Å².